The predicted molar refractivity (Wildman–Crippen MR) is 104 cm³/mol. The number of methoxy groups -OCH3 is 1. The van der Waals surface area contributed by atoms with E-state index < -0.39 is 0 Å². The third kappa shape index (κ3) is 3.82. The summed E-state index contributed by atoms with van der Waals surface area (Å²) < 4.78 is 5.27. The Morgan fingerprint density at radius 1 is 1.12 bits per heavy atom. The average molecular weight is 361 g/mol. The van der Waals surface area contributed by atoms with Crippen LogP contribution in [0.1, 0.15) is 31.2 Å². The van der Waals surface area contributed by atoms with Gasteiger partial charge in [0.25, 0.3) is 0 Å². The lowest BCUT2D eigenvalue weighted by Gasteiger charge is -2.32. The van der Waals surface area contributed by atoms with Gasteiger partial charge >= 0.3 is 0 Å². The van der Waals surface area contributed by atoms with Crippen LogP contribution in [0.5, 0.6) is 5.75 Å². The van der Waals surface area contributed by atoms with E-state index in [0.29, 0.717) is 10.1 Å². The van der Waals surface area contributed by atoms with Gasteiger partial charge in [-0.15, -0.1) is 0 Å². The highest BCUT2D eigenvalue weighted by Crippen LogP contribution is 2.39. The van der Waals surface area contributed by atoms with Crippen molar-refractivity contribution in [2.75, 3.05) is 12.4 Å². The van der Waals surface area contributed by atoms with E-state index in [1.165, 1.54) is 18.4 Å². The molecule has 1 aliphatic carbocycles. The summed E-state index contributed by atoms with van der Waals surface area (Å²) in [6.45, 7) is 0. The van der Waals surface area contributed by atoms with Crippen molar-refractivity contribution in [2.45, 2.75) is 31.2 Å². The summed E-state index contributed by atoms with van der Waals surface area (Å²) in [5.41, 5.74) is 2.02. The topological polar surface area (TPSA) is 33.3 Å². The number of hydrogen-bond acceptors (Lipinski definition) is 2. The van der Waals surface area contributed by atoms with Crippen LogP contribution in [0.4, 0.5) is 5.69 Å². The van der Waals surface area contributed by atoms with Crippen molar-refractivity contribution in [1.82, 2.24) is 5.32 Å². The highest BCUT2D eigenvalue weighted by Gasteiger charge is 2.36. The van der Waals surface area contributed by atoms with Gasteiger partial charge in [0.2, 0.25) is 0 Å². The molecule has 2 aromatic carbocycles. The van der Waals surface area contributed by atoms with Crippen molar-refractivity contribution in [2.24, 2.45) is 0 Å². The lowest BCUT2D eigenvalue weighted by molar-refractivity contribution is 0.401. The van der Waals surface area contributed by atoms with E-state index in [-0.39, 0.29) is 5.54 Å². The van der Waals surface area contributed by atoms with E-state index >= 15 is 0 Å². The summed E-state index contributed by atoms with van der Waals surface area (Å²) in [5, 5.41) is 8.10. The molecule has 0 radical (unpaired) electrons. The summed E-state index contributed by atoms with van der Waals surface area (Å²) in [7, 11) is 1.68. The second-order valence-electron chi connectivity index (χ2n) is 6.11. The monoisotopic (exact) mass is 360 g/mol. The first-order valence-corrected chi connectivity index (χ1v) is 8.89. The second-order valence-corrected chi connectivity index (χ2v) is 6.95. The number of ether oxygens (including phenoxy) is 1. The van der Waals surface area contributed by atoms with Crippen molar-refractivity contribution in [1.29, 1.82) is 0 Å². The molecule has 0 aromatic heterocycles. The Balaban J connectivity index is 1.76. The number of nitrogens with one attached hydrogen (secondary N) is 2. The molecule has 3 rings (SSSR count). The van der Waals surface area contributed by atoms with Crippen molar-refractivity contribution < 1.29 is 4.74 Å². The first-order chi connectivity index (χ1) is 11.6. The molecule has 5 heteroatoms. The van der Waals surface area contributed by atoms with Crippen LogP contribution in [0.3, 0.4) is 0 Å². The molecule has 0 aliphatic heterocycles. The van der Waals surface area contributed by atoms with Crippen LogP contribution in [-0.2, 0) is 5.54 Å². The molecule has 2 aromatic rings. The van der Waals surface area contributed by atoms with Crippen molar-refractivity contribution >= 4 is 34.6 Å². The van der Waals surface area contributed by atoms with E-state index in [1.807, 2.05) is 36.4 Å². The van der Waals surface area contributed by atoms with Gasteiger partial charge in [0.15, 0.2) is 5.11 Å². The molecule has 0 bridgehead atoms. The zero-order chi connectivity index (χ0) is 17.0. The first-order valence-electron chi connectivity index (χ1n) is 8.11. The standard InChI is InChI=1S/C19H21ClN2OS/c1-23-17-9-7-14(8-10-17)19(11-2-3-12-19)22-18(24)21-16-6-4-5-15(20)13-16/h4-10,13H,2-3,11-12H2,1H3,(H2,21,22,24). The van der Waals surface area contributed by atoms with Gasteiger partial charge in [0.1, 0.15) is 5.75 Å². The number of rotatable bonds is 4. The molecular weight excluding hydrogens is 340 g/mol. The van der Waals surface area contributed by atoms with Crippen LogP contribution in [-0.4, -0.2) is 12.2 Å². The highest BCUT2D eigenvalue weighted by atomic mass is 35.5. The van der Waals surface area contributed by atoms with Crippen molar-refractivity contribution in [3.05, 3.63) is 59.1 Å². The first kappa shape index (κ1) is 17.1. The normalized spacial score (nSPS) is 15.8. The van der Waals surface area contributed by atoms with E-state index in [0.717, 1.165) is 24.3 Å². The van der Waals surface area contributed by atoms with Gasteiger partial charge in [-0.2, -0.15) is 0 Å². The largest absolute Gasteiger partial charge is 0.497 e. The Morgan fingerprint density at radius 3 is 2.46 bits per heavy atom. The van der Waals surface area contributed by atoms with Crippen molar-refractivity contribution in [3.63, 3.8) is 0 Å². The zero-order valence-corrected chi connectivity index (χ0v) is 15.2. The summed E-state index contributed by atoms with van der Waals surface area (Å²) in [6.07, 6.45) is 4.52. The fourth-order valence-corrected chi connectivity index (χ4v) is 3.82. The molecule has 3 nitrogen and oxygen atoms in total. The maximum atomic E-state index is 6.03. The molecule has 1 fully saturated rings. The third-order valence-corrected chi connectivity index (χ3v) is 4.97. The third-order valence-electron chi connectivity index (χ3n) is 4.54. The quantitative estimate of drug-likeness (QED) is 0.743. The van der Waals surface area contributed by atoms with Gasteiger partial charge in [-0.05, 0) is 61.0 Å². The zero-order valence-electron chi connectivity index (χ0n) is 13.6. The van der Waals surface area contributed by atoms with E-state index in [4.69, 9.17) is 28.6 Å². The Bertz CT molecular complexity index is 712. The smallest absolute Gasteiger partial charge is 0.171 e. The predicted octanol–water partition coefficient (Wildman–Crippen LogP) is 5.10. The number of thiocarbonyl (C=S) groups is 1. The van der Waals surface area contributed by atoms with Gasteiger partial charge in [-0.1, -0.05) is 42.6 Å². The van der Waals surface area contributed by atoms with Crippen LogP contribution in [0.25, 0.3) is 0 Å². The molecule has 0 heterocycles. The van der Waals surface area contributed by atoms with Crippen molar-refractivity contribution in [3.8, 4) is 5.75 Å². The second kappa shape index (κ2) is 7.41. The van der Waals surface area contributed by atoms with E-state index in [2.05, 4.69) is 22.8 Å². The molecule has 0 unspecified atom stereocenters. The molecule has 1 saturated carbocycles. The molecule has 0 amide bonds. The molecule has 24 heavy (non-hydrogen) atoms. The molecule has 0 spiro atoms. The molecular formula is C19H21ClN2OS. The Morgan fingerprint density at radius 2 is 1.83 bits per heavy atom. The van der Waals surface area contributed by atoms with E-state index in [1.54, 1.807) is 7.11 Å². The molecule has 0 saturated heterocycles. The van der Waals surface area contributed by atoms with Crippen LogP contribution in [0, 0.1) is 0 Å². The van der Waals surface area contributed by atoms with Gasteiger partial charge in [0, 0.05) is 10.7 Å². The van der Waals surface area contributed by atoms with Gasteiger partial charge in [0.05, 0.1) is 12.6 Å². The average Bonchev–Trinajstić information content (AvgIpc) is 3.04. The minimum Gasteiger partial charge on any atom is -0.497 e. The fraction of sp³-hybridized carbons (Fsp3) is 0.316. The fourth-order valence-electron chi connectivity index (χ4n) is 3.32. The number of halogens is 1. The minimum absolute atomic E-state index is 0.116. The molecule has 0 atom stereocenters. The molecule has 2 N–H and O–H groups in total. The van der Waals surface area contributed by atoms with E-state index in [9.17, 15) is 0 Å². The summed E-state index contributed by atoms with van der Waals surface area (Å²) in [5.74, 6) is 0.867. The Labute approximate surface area is 153 Å². The number of benzene rings is 2. The van der Waals surface area contributed by atoms with Crippen LogP contribution in [0.15, 0.2) is 48.5 Å². The SMILES string of the molecule is COc1ccc(C2(NC(=S)Nc3cccc(Cl)c3)CCCC2)cc1. The van der Waals surface area contributed by atoms with Crippen LogP contribution < -0.4 is 15.4 Å². The summed E-state index contributed by atoms with van der Waals surface area (Å²) in [4.78, 5) is 0. The number of hydrogen-bond donors (Lipinski definition) is 2. The highest BCUT2D eigenvalue weighted by molar-refractivity contribution is 7.80. The van der Waals surface area contributed by atoms with Crippen LogP contribution >= 0.6 is 23.8 Å². The minimum atomic E-state index is -0.116. The summed E-state index contributed by atoms with van der Waals surface area (Å²) in [6, 6.07) is 15.8. The van der Waals surface area contributed by atoms with Crippen LogP contribution in [0.2, 0.25) is 5.02 Å². The van der Waals surface area contributed by atoms with Gasteiger partial charge < -0.3 is 15.4 Å². The Hall–Kier alpha value is -1.78. The lowest BCUT2D eigenvalue weighted by atomic mass is 9.88. The van der Waals surface area contributed by atoms with Gasteiger partial charge in [-0.25, -0.2) is 0 Å². The maximum absolute atomic E-state index is 6.03. The lowest BCUT2D eigenvalue weighted by Crippen LogP contribution is -2.45. The summed E-state index contributed by atoms with van der Waals surface area (Å²) >= 11 is 11.6. The molecule has 126 valence electrons. The number of anilines is 1. The van der Waals surface area contributed by atoms with Gasteiger partial charge in [-0.3, -0.25) is 0 Å². The maximum Gasteiger partial charge on any atom is 0.171 e. The molecule has 1 aliphatic rings. The Kier molecular flexibility index (Phi) is 5.27.